The molecule has 1 N–H and O–H groups in total. The first-order chi connectivity index (χ1) is 13.4. The molecule has 0 saturated carbocycles. The minimum Gasteiger partial charge on any atom is -0.496 e. The van der Waals surface area contributed by atoms with Crippen LogP contribution >= 0.6 is 11.8 Å². The molecule has 0 aliphatic heterocycles. The second-order valence-electron chi connectivity index (χ2n) is 5.35. The van der Waals surface area contributed by atoms with Crippen LogP contribution in [-0.4, -0.2) is 33.3 Å². The molecule has 2 aromatic heterocycles. The zero-order valence-electron chi connectivity index (χ0n) is 14.6. The predicted octanol–water partition coefficient (Wildman–Crippen LogP) is 3.77. The minimum absolute atomic E-state index is 0.0817. The number of furan rings is 1. The van der Waals surface area contributed by atoms with Crippen molar-refractivity contribution in [3.8, 4) is 17.1 Å². The van der Waals surface area contributed by atoms with E-state index in [0.29, 0.717) is 17.2 Å². The van der Waals surface area contributed by atoms with Gasteiger partial charge in [-0.2, -0.15) is 0 Å². The van der Waals surface area contributed by atoms with E-state index in [0.717, 1.165) is 11.8 Å². The van der Waals surface area contributed by atoms with Crippen molar-refractivity contribution in [2.24, 2.45) is 0 Å². The number of hydrogen-bond acceptors (Lipinski definition) is 9. The van der Waals surface area contributed by atoms with E-state index in [1.165, 1.54) is 37.5 Å². The van der Waals surface area contributed by atoms with Gasteiger partial charge in [0.2, 0.25) is 5.89 Å². The van der Waals surface area contributed by atoms with Gasteiger partial charge >= 0.3 is 5.97 Å². The molecule has 0 fully saturated rings. The largest absolute Gasteiger partial charge is 0.496 e. The molecule has 2 heterocycles. The second kappa shape index (κ2) is 7.96. The normalized spacial score (nSPS) is 11.4. The number of aromatic nitrogens is 2. The monoisotopic (exact) mass is 403 g/mol. The van der Waals surface area contributed by atoms with Crippen LogP contribution in [0.5, 0.6) is 5.75 Å². The highest BCUT2D eigenvalue weighted by molar-refractivity contribution is 8.03. The third-order valence-electron chi connectivity index (χ3n) is 3.48. The molecule has 3 aromatic rings. The number of nitro benzene ring substituents is 1. The van der Waals surface area contributed by atoms with Crippen LogP contribution in [0.4, 0.5) is 5.69 Å². The third-order valence-corrected chi connectivity index (χ3v) is 4.33. The summed E-state index contributed by atoms with van der Waals surface area (Å²) in [7, 11) is 1.43. The summed E-state index contributed by atoms with van der Waals surface area (Å²) in [6.45, 7) is 1.59. The Bertz CT molecular complexity index is 1070. The van der Waals surface area contributed by atoms with Crippen LogP contribution < -0.4 is 4.74 Å². The maximum Gasteiger partial charge on any atom is 0.342 e. The number of aryl methyl sites for hydroxylation is 1. The van der Waals surface area contributed by atoms with Gasteiger partial charge < -0.3 is 18.7 Å². The van der Waals surface area contributed by atoms with Crippen molar-refractivity contribution >= 4 is 29.5 Å². The molecule has 0 amide bonds. The van der Waals surface area contributed by atoms with E-state index in [2.05, 4.69) is 10.2 Å². The van der Waals surface area contributed by atoms with Gasteiger partial charge in [0, 0.05) is 25.1 Å². The number of ether oxygens (including phenoxy) is 1. The Morgan fingerprint density at radius 3 is 2.68 bits per heavy atom. The van der Waals surface area contributed by atoms with Crippen molar-refractivity contribution in [1.29, 1.82) is 0 Å². The fourth-order valence-electron chi connectivity index (χ4n) is 2.26. The Morgan fingerprint density at radius 1 is 1.29 bits per heavy atom. The van der Waals surface area contributed by atoms with Crippen LogP contribution in [0.15, 0.2) is 49.3 Å². The second-order valence-corrected chi connectivity index (χ2v) is 6.34. The third kappa shape index (κ3) is 4.20. The molecule has 0 spiro atoms. The Balaban J connectivity index is 1.94. The van der Waals surface area contributed by atoms with E-state index in [4.69, 9.17) is 13.6 Å². The minimum atomic E-state index is -1.20. The highest BCUT2D eigenvalue weighted by Gasteiger charge is 2.18. The predicted molar refractivity (Wildman–Crippen MR) is 97.9 cm³/mol. The topological polar surface area (TPSA) is 142 Å². The van der Waals surface area contributed by atoms with Crippen molar-refractivity contribution in [3.63, 3.8) is 0 Å². The van der Waals surface area contributed by atoms with Gasteiger partial charge in [0.1, 0.15) is 22.2 Å². The summed E-state index contributed by atoms with van der Waals surface area (Å²) >= 11 is 0.779. The Kier molecular flexibility index (Phi) is 5.45. The first-order valence-corrected chi connectivity index (χ1v) is 8.54. The number of rotatable bonds is 7. The quantitative estimate of drug-likeness (QED) is 0.268. The van der Waals surface area contributed by atoms with Gasteiger partial charge in [0.05, 0.1) is 17.6 Å². The standard InChI is InChI=1S/C17H13N3O7S/c1-9-18-19-17(26-9)28-15(16(21)22)8-11-4-6-14(27-11)12-7-10(20(23)24)3-5-13(12)25-2/h3-8H,1-2H3,(H,21,22)/b15-8-. The first kappa shape index (κ1) is 19.2. The molecule has 0 saturated heterocycles. The summed E-state index contributed by atoms with van der Waals surface area (Å²) in [5.41, 5.74) is 0.242. The van der Waals surface area contributed by atoms with Gasteiger partial charge in [-0.05, 0) is 30.0 Å². The molecular formula is C17H13N3O7S. The number of carbonyl (C=O) groups is 1. The van der Waals surface area contributed by atoms with Crippen LogP contribution in [0.25, 0.3) is 17.4 Å². The summed E-state index contributed by atoms with van der Waals surface area (Å²) < 4.78 is 16.0. The van der Waals surface area contributed by atoms with Gasteiger partial charge in [0.25, 0.3) is 10.9 Å². The molecule has 3 rings (SSSR count). The van der Waals surface area contributed by atoms with E-state index in [1.807, 2.05) is 0 Å². The van der Waals surface area contributed by atoms with Crippen molar-refractivity contribution < 1.29 is 28.4 Å². The molecule has 28 heavy (non-hydrogen) atoms. The summed E-state index contributed by atoms with van der Waals surface area (Å²) in [5, 5.41) is 27.9. The fourth-order valence-corrected chi connectivity index (χ4v) is 2.95. The van der Waals surface area contributed by atoms with E-state index in [9.17, 15) is 20.0 Å². The number of carboxylic acids is 1. The van der Waals surface area contributed by atoms with E-state index < -0.39 is 10.9 Å². The van der Waals surface area contributed by atoms with Crippen LogP contribution in [0.3, 0.4) is 0 Å². The zero-order valence-corrected chi connectivity index (χ0v) is 15.4. The van der Waals surface area contributed by atoms with Crippen molar-refractivity contribution in [3.05, 3.63) is 57.0 Å². The SMILES string of the molecule is COc1ccc([N+](=O)[O-])cc1-c1ccc(/C=C(\Sc2nnc(C)o2)C(=O)O)o1. The summed E-state index contributed by atoms with van der Waals surface area (Å²) in [5.74, 6) is 0.00143. The van der Waals surface area contributed by atoms with E-state index >= 15 is 0 Å². The van der Waals surface area contributed by atoms with Gasteiger partial charge in [0.15, 0.2) is 0 Å². The molecule has 1 aromatic carbocycles. The number of benzene rings is 1. The molecule has 10 nitrogen and oxygen atoms in total. The maximum absolute atomic E-state index is 11.5. The van der Waals surface area contributed by atoms with Crippen LogP contribution in [0.2, 0.25) is 0 Å². The molecule has 0 bridgehead atoms. The smallest absolute Gasteiger partial charge is 0.342 e. The summed E-state index contributed by atoms with van der Waals surface area (Å²) in [6.07, 6.45) is 1.29. The van der Waals surface area contributed by atoms with Gasteiger partial charge in [-0.25, -0.2) is 4.79 Å². The molecular weight excluding hydrogens is 390 g/mol. The van der Waals surface area contributed by atoms with Crippen LogP contribution in [-0.2, 0) is 4.79 Å². The molecule has 11 heteroatoms. The lowest BCUT2D eigenvalue weighted by Crippen LogP contribution is -1.96. The average Bonchev–Trinajstić information content (AvgIpc) is 3.29. The number of methoxy groups -OCH3 is 1. The molecule has 0 aliphatic carbocycles. The van der Waals surface area contributed by atoms with Crippen molar-refractivity contribution in [1.82, 2.24) is 10.2 Å². The lowest BCUT2D eigenvalue weighted by molar-refractivity contribution is -0.384. The first-order valence-electron chi connectivity index (χ1n) is 7.73. The van der Waals surface area contributed by atoms with E-state index in [-0.39, 0.29) is 27.3 Å². The molecule has 0 unspecified atom stereocenters. The zero-order chi connectivity index (χ0) is 20.3. The molecule has 0 aliphatic rings. The highest BCUT2D eigenvalue weighted by atomic mass is 32.2. The lowest BCUT2D eigenvalue weighted by Gasteiger charge is -2.05. The molecule has 144 valence electrons. The van der Waals surface area contributed by atoms with Crippen LogP contribution in [0.1, 0.15) is 11.7 Å². The number of aliphatic carboxylic acids is 1. The highest BCUT2D eigenvalue weighted by Crippen LogP contribution is 2.35. The number of nitrogens with zero attached hydrogens (tertiary/aromatic N) is 3. The summed E-state index contributed by atoms with van der Waals surface area (Å²) in [4.78, 5) is 21.9. The van der Waals surface area contributed by atoms with Gasteiger partial charge in [-0.3, -0.25) is 10.1 Å². The molecule has 0 atom stereocenters. The Labute approximate surface area is 162 Å². The van der Waals surface area contributed by atoms with Crippen molar-refractivity contribution in [2.75, 3.05) is 7.11 Å². The Hall–Kier alpha value is -3.60. The fraction of sp³-hybridized carbons (Fsp3) is 0.118. The average molecular weight is 403 g/mol. The van der Waals surface area contributed by atoms with Crippen molar-refractivity contribution in [2.45, 2.75) is 12.1 Å². The van der Waals surface area contributed by atoms with Crippen LogP contribution in [0, 0.1) is 17.0 Å². The van der Waals surface area contributed by atoms with E-state index in [1.54, 1.807) is 13.0 Å². The lowest BCUT2D eigenvalue weighted by atomic mass is 10.1. The van der Waals surface area contributed by atoms with Gasteiger partial charge in [-0.15, -0.1) is 10.2 Å². The Morgan fingerprint density at radius 2 is 2.07 bits per heavy atom. The number of hydrogen-bond donors (Lipinski definition) is 1. The summed E-state index contributed by atoms with van der Waals surface area (Å²) in [6, 6.07) is 7.20. The number of non-ortho nitro benzene ring substituents is 1. The molecule has 0 radical (unpaired) electrons. The maximum atomic E-state index is 11.5. The van der Waals surface area contributed by atoms with Gasteiger partial charge in [-0.1, -0.05) is 0 Å². The number of carboxylic acid groups (broad SMARTS) is 1. The number of nitro groups is 1. The number of thioether (sulfide) groups is 1.